The molecule has 2 rings (SSSR count). The maximum absolute atomic E-state index is 13.7. The van der Waals surface area contributed by atoms with E-state index in [-0.39, 0.29) is 5.82 Å². The third-order valence-electron chi connectivity index (χ3n) is 2.82. The van der Waals surface area contributed by atoms with Crippen LogP contribution in [0.1, 0.15) is 17.2 Å². The molecule has 0 aliphatic rings. The predicted octanol–water partition coefficient (Wildman–Crippen LogP) is 4.62. The monoisotopic (exact) mass is 345 g/mol. The summed E-state index contributed by atoms with van der Waals surface area (Å²) in [6.07, 6.45) is 0.402. The van der Waals surface area contributed by atoms with E-state index in [2.05, 4.69) is 15.9 Å². The zero-order valence-corrected chi connectivity index (χ0v) is 12.2. The first kappa shape index (κ1) is 14.4. The number of hydrogen-bond acceptors (Lipinski definition) is 1. The van der Waals surface area contributed by atoms with Crippen LogP contribution >= 0.6 is 27.5 Å². The van der Waals surface area contributed by atoms with E-state index in [0.717, 1.165) is 5.56 Å². The molecule has 100 valence electrons. The van der Waals surface area contributed by atoms with Crippen molar-refractivity contribution >= 4 is 27.5 Å². The van der Waals surface area contributed by atoms with Gasteiger partial charge < -0.3 is 5.73 Å². The van der Waals surface area contributed by atoms with Crippen LogP contribution in [0.2, 0.25) is 5.02 Å². The van der Waals surface area contributed by atoms with Crippen LogP contribution in [-0.4, -0.2) is 0 Å². The van der Waals surface area contributed by atoms with Crippen LogP contribution in [0.4, 0.5) is 8.78 Å². The molecule has 19 heavy (non-hydrogen) atoms. The Morgan fingerprint density at radius 1 is 1.16 bits per heavy atom. The van der Waals surface area contributed by atoms with Gasteiger partial charge in [0.25, 0.3) is 0 Å². The Hall–Kier alpha value is -0.970. The molecule has 0 heterocycles. The first-order valence-corrected chi connectivity index (χ1v) is 6.79. The molecule has 2 N–H and O–H groups in total. The lowest BCUT2D eigenvalue weighted by Gasteiger charge is -2.14. The molecule has 2 aromatic rings. The van der Waals surface area contributed by atoms with E-state index in [1.165, 1.54) is 18.2 Å². The average molecular weight is 347 g/mol. The second-order valence-corrected chi connectivity index (χ2v) is 5.50. The standard InChI is InChI=1S/C14H11BrClF2N/c15-12-7-10(17)3-1-8(12)5-14(19)11-4-2-9(16)6-13(11)18/h1-4,6-7,14H,5,19H2. The maximum atomic E-state index is 13.7. The minimum Gasteiger partial charge on any atom is -0.324 e. The molecule has 0 aliphatic carbocycles. The van der Waals surface area contributed by atoms with E-state index in [0.29, 0.717) is 21.5 Å². The Bertz CT molecular complexity index is 604. The fourth-order valence-corrected chi connectivity index (χ4v) is 2.51. The first-order valence-electron chi connectivity index (χ1n) is 5.62. The molecule has 0 saturated carbocycles. The van der Waals surface area contributed by atoms with Crippen molar-refractivity contribution in [2.24, 2.45) is 5.73 Å². The van der Waals surface area contributed by atoms with Gasteiger partial charge >= 0.3 is 0 Å². The van der Waals surface area contributed by atoms with Gasteiger partial charge in [-0.1, -0.05) is 39.7 Å². The van der Waals surface area contributed by atoms with E-state index >= 15 is 0 Å². The Morgan fingerprint density at radius 3 is 2.53 bits per heavy atom. The number of rotatable bonds is 3. The van der Waals surface area contributed by atoms with Crippen LogP contribution in [0, 0.1) is 11.6 Å². The fraction of sp³-hybridized carbons (Fsp3) is 0.143. The third kappa shape index (κ3) is 3.53. The highest BCUT2D eigenvalue weighted by Gasteiger charge is 2.14. The topological polar surface area (TPSA) is 26.0 Å². The van der Waals surface area contributed by atoms with Gasteiger partial charge in [0, 0.05) is 21.1 Å². The Balaban J connectivity index is 2.23. The van der Waals surface area contributed by atoms with Gasteiger partial charge in [0.15, 0.2) is 0 Å². The largest absolute Gasteiger partial charge is 0.324 e. The molecule has 0 spiro atoms. The molecule has 0 aliphatic heterocycles. The van der Waals surface area contributed by atoms with Gasteiger partial charge in [-0.15, -0.1) is 0 Å². The summed E-state index contributed by atoms with van der Waals surface area (Å²) < 4.78 is 27.3. The summed E-state index contributed by atoms with van der Waals surface area (Å²) >= 11 is 8.96. The molecule has 2 aromatic carbocycles. The van der Waals surface area contributed by atoms with Crippen LogP contribution in [0.15, 0.2) is 40.9 Å². The summed E-state index contributed by atoms with van der Waals surface area (Å²) in [4.78, 5) is 0. The number of benzene rings is 2. The highest BCUT2D eigenvalue weighted by molar-refractivity contribution is 9.10. The van der Waals surface area contributed by atoms with Gasteiger partial charge in [-0.25, -0.2) is 8.78 Å². The highest BCUT2D eigenvalue weighted by atomic mass is 79.9. The van der Waals surface area contributed by atoms with Crippen LogP contribution in [-0.2, 0) is 6.42 Å². The Labute approximate surface area is 123 Å². The summed E-state index contributed by atoms with van der Waals surface area (Å²) in [6.45, 7) is 0. The van der Waals surface area contributed by atoms with Gasteiger partial charge in [-0.2, -0.15) is 0 Å². The molecule has 1 nitrogen and oxygen atoms in total. The third-order valence-corrected chi connectivity index (χ3v) is 3.79. The second-order valence-electron chi connectivity index (χ2n) is 4.21. The average Bonchev–Trinajstić information content (AvgIpc) is 2.32. The summed E-state index contributed by atoms with van der Waals surface area (Å²) in [7, 11) is 0. The Kier molecular flexibility index (Phi) is 4.55. The zero-order chi connectivity index (χ0) is 14.0. The lowest BCUT2D eigenvalue weighted by molar-refractivity contribution is 0.579. The summed E-state index contributed by atoms with van der Waals surface area (Å²) in [6, 6.07) is 8.23. The van der Waals surface area contributed by atoms with E-state index in [1.54, 1.807) is 18.2 Å². The van der Waals surface area contributed by atoms with Gasteiger partial charge in [-0.3, -0.25) is 0 Å². The maximum Gasteiger partial charge on any atom is 0.129 e. The predicted molar refractivity (Wildman–Crippen MR) is 76.1 cm³/mol. The van der Waals surface area contributed by atoms with E-state index in [4.69, 9.17) is 17.3 Å². The van der Waals surface area contributed by atoms with Crippen molar-refractivity contribution in [2.45, 2.75) is 12.5 Å². The minimum absolute atomic E-state index is 0.330. The smallest absolute Gasteiger partial charge is 0.129 e. The lowest BCUT2D eigenvalue weighted by atomic mass is 9.99. The second kappa shape index (κ2) is 5.99. The molecule has 0 bridgehead atoms. The zero-order valence-electron chi connectivity index (χ0n) is 9.84. The molecular weight excluding hydrogens is 336 g/mol. The van der Waals surface area contributed by atoms with Crippen LogP contribution in [0.25, 0.3) is 0 Å². The van der Waals surface area contributed by atoms with E-state index in [1.807, 2.05) is 0 Å². The van der Waals surface area contributed by atoms with Crippen LogP contribution in [0.5, 0.6) is 0 Å². The molecular formula is C14H11BrClF2N. The molecule has 0 saturated heterocycles. The number of hydrogen-bond donors (Lipinski definition) is 1. The summed E-state index contributed by atoms with van der Waals surface area (Å²) in [5.74, 6) is -0.764. The van der Waals surface area contributed by atoms with Gasteiger partial charge in [-0.05, 0) is 36.2 Å². The van der Waals surface area contributed by atoms with Gasteiger partial charge in [0.1, 0.15) is 11.6 Å². The van der Waals surface area contributed by atoms with Crippen molar-refractivity contribution in [1.29, 1.82) is 0 Å². The molecule has 0 radical (unpaired) electrons. The molecule has 0 fully saturated rings. The lowest BCUT2D eigenvalue weighted by Crippen LogP contribution is -2.15. The molecule has 5 heteroatoms. The molecule has 0 aromatic heterocycles. The minimum atomic E-state index is -0.515. The van der Waals surface area contributed by atoms with Crippen molar-refractivity contribution in [3.63, 3.8) is 0 Å². The van der Waals surface area contributed by atoms with Crippen LogP contribution < -0.4 is 5.73 Å². The number of halogens is 4. The first-order chi connectivity index (χ1) is 8.97. The van der Waals surface area contributed by atoms with Crippen molar-refractivity contribution in [2.75, 3.05) is 0 Å². The van der Waals surface area contributed by atoms with Gasteiger partial charge in [0.2, 0.25) is 0 Å². The quantitative estimate of drug-likeness (QED) is 0.862. The van der Waals surface area contributed by atoms with E-state index < -0.39 is 11.9 Å². The normalized spacial score (nSPS) is 12.5. The summed E-state index contributed by atoms with van der Waals surface area (Å²) in [5, 5.41) is 0.330. The van der Waals surface area contributed by atoms with Crippen molar-refractivity contribution in [3.05, 3.63) is 68.7 Å². The Morgan fingerprint density at radius 2 is 1.89 bits per heavy atom. The fourth-order valence-electron chi connectivity index (χ4n) is 1.84. The number of nitrogens with two attached hydrogens (primary N) is 1. The van der Waals surface area contributed by atoms with E-state index in [9.17, 15) is 8.78 Å². The van der Waals surface area contributed by atoms with Crippen molar-refractivity contribution in [1.82, 2.24) is 0 Å². The van der Waals surface area contributed by atoms with Crippen molar-refractivity contribution < 1.29 is 8.78 Å². The molecule has 1 unspecified atom stereocenters. The molecule has 1 atom stereocenters. The van der Waals surface area contributed by atoms with Crippen molar-refractivity contribution in [3.8, 4) is 0 Å². The molecule has 0 amide bonds. The van der Waals surface area contributed by atoms with Crippen LogP contribution in [0.3, 0.4) is 0 Å². The highest BCUT2D eigenvalue weighted by Crippen LogP contribution is 2.26. The van der Waals surface area contributed by atoms with Gasteiger partial charge in [0.05, 0.1) is 0 Å². The SMILES string of the molecule is NC(Cc1ccc(F)cc1Br)c1ccc(Cl)cc1F. The summed E-state index contributed by atoms with van der Waals surface area (Å²) in [5.41, 5.74) is 7.20.